The Hall–Kier alpha value is -1.40. The van der Waals surface area contributed by atoms with E-state index in [2.05, 4.69) is 17.9 Å². The van der Waals surface area contributed by atoms with E-state index >= 15 is 0 Å². The summed E-state index contributed by atoms with van der Waals surface area (Å²) in [6.45, 7) is 1.06. The number of nitrogens with two attached hydrogens (primary N) is 1. The zero-order valence-electron chi connectivity index (χ0n) is 9.18. The van der Waals surface area contributed by atoms with Crippen LogP contribution >= 0.6 is 12.6 Å². The lowest BCUT2D eigenvalue weighted by Gasteiger charge is -2.19. The van der Waals surface area contributed by atoms with Gasteiger partial charge in [0.25, 0.3) is 0 Å². The van der Waals surface area contributed by atoms with Gasteiger partial charge in [0.2, 0.25) is 5.91 Å². The summed E-state index contributed by atoms with van der Waals surface area (Å²) in [6.07, 6.45) is 0. The van der Waals surface area contributed by atoms with Gasteiger partial charge in [0.15, 0.2) is 11.5 Å². The van der Waals surface area contributed by atoms with Crippen LogP contribution in [0.3, 0.4) is 0 Å². The van der Waals surface area contributed by atoms with E-state index in [0.717, 1.165) is 0 Å². The Labute approximate surface area is 105 Å². The number of amides is 1. The fourth-order valence-corrected chi connectivity index (χ4v) is 1.60. The molecule has 17 heavy (non-hydrogen) atoms. The van der Waals surface area contributed by atoms with Crippen molar-refractivity contribution in [1.82, 2.24) is 0 Å². The minimum absolute atomic E-state index is 0.267. The van der Waals surface area contributed by atoms with Crippen molar-refractivity contribution in [2.24, 2.45) is 5.73 Å². The molecular weight excluding hydrogens is 240 g/mol. The number of benzene rings is 1. The maximum Gasteiger partial charge on any atom is 0.242 e. The monoisotopic (exact) mass is 254 g/mol. The number of rotatable bonds is 3. The summed E-state index contributed by atoms with van der Waals surface area (Å²) in [5, 5.41) is 2.69. The van der Waals surface area contributed by atoms with Crippen molar-refractivity contribution in [3.63, 3.8) is 0 Å². The molecule has 1 atom stereocenters. The molecule has 0 saturated carbocycles. The zero-order valence-corrected chi connectivity index (χ0v) is 10.1. The van der Waals surface area contributed by atoms with Crippen molar-refractivity contribution >= 4 is 24.2 Å². The van der Waals surface area contributed by atoms with Gasteiger partial charge >= 0.3 is 0 Å². The van der Waals surface area contributed by atoms with E-state index in [9.17, 15) is 4.79 Å². The number of carbonyl (C=O) groups is 1. The minimum Gasteiger partial charge on any atom is -0.486 e. The summed E-state index contributed by atoms with van der Waals surface area (Å²) in [6, 6.07) is 4.61. The van der Waals surface area contributed by atoms with Crippen LogP contribution in [0.4, 0.5) is 5.69 Å². The SMILES string of the molecule is NC(CS)C(=O)Nc1ccc2c(c1)OCCO2. The molecule has 2 rings (SSSR count). The molecule has 1 aromatic carbocycles. The molecule has 3 N–H and O–H groups in total. The first-order chi connectivity index (χ1) is 8.20. The van der Waals surface area contributed by atoms with Gasteiger partial charge < -0.3 is 20.5 Å². The Bertz CT molecular complexity index is 425. The molecule has 0 fully saturated rings. The Morgan fingerprint density at radius 1 is 1.41 bits per heavy atom. The molecule has 1 unspecified atom stereocenters. The van der Waals surface area contributed by atoms with E-state index in [-0.39, 0.29) is 5.91 Å². The summed E-state index contributed by atoms with van der Waals surface area (Å²) in [7, 11) is 0. The first-order valence-corrected chi connectivity index (χ1v) is 5.91. The van der Waals surface area contributed by atoms with Crippen molar-refractivity contribution in [2.75, 3.05) is 24.3 Å². The molecule has 1 aliphatic rings. The van der Waals surface area contributed by atoms with Crippen LogP contribution in [-0.4, -0.2) is 30.9 Å². The van der Waals surface area contributed by atoms with E-state index in [1.807, 2.05) is 0 Å². The summed E-state index contributed by atoms with van der Waals surface area (Å²) < 4.78 is 10.8. The van der Waals surface area contributed by atoms with E-state index in [1.54, 1.807) is 18.2 Å². The normalized spacial score (nSPS) is 15.2. The average molecular weight is 254 g/mol. The number of hydrogen-bond donors (Lipinski definition) is 3. The predicted molar refractivity (Wildman–Crippen MR) is 67.9 cm³/mol. The van der Waals surface area contributed by atoms with Crippen molar-refractivity contribution in [2.45, 2.75) is 6.04 Å². The Kier molecular flexibility index (Phi) is 3.75. The third kappa shape index (κ3) is 2.83. The Morgan fingerprint density at radius 2 is 2.12 bits per heavy atom. The number of ether oxygens (including phenoxy) is 2. The summed E-state index contributed by atoms with van der Waals surface area (Å²) >= 11 is 3.97. The molecule has 0 saturated heterocycles. The highest BCUT2D eigenvalue weighted by Crippen LogP contribution is 2.32. The maximum absolute atomic E-state index is 11.6. The zero-order chi connectivity index (χ0) is 12.3. The van der Waals surface area contributed by atoms with Gasteiger partial charge in [0.1, 0.15) is 13.2 Å². The standard InChI is InChI=1S/C11H14N2O3S/c12-8(6-17)11(14)13-7-1-2-9-10(5-7)16-4-3-15-9/h1-2,5,8,17H,3-4,6,12H2,(H,13,14). The van der Waals surface area contributed by atoms with Gasteiger partial charge in [-0.1, -0.05) is 0 Å². The van der Waals surface area contributed by atoms with Crippen LogP contribution in [0.2, 0.25) is 0 Å². The smallest absolute Gasteiger partial charge is 0.242 e. The van der Waals surface area contributed by atoms with Crippen LogP contribution in [0.15, 0.2) is 18.2 Å². The second-order valence-electron chi connectivity index (χ2n) is 3.64. The van der Waals surface area contributed by atoms with Crippen LogP contribution in [0.1, 0.15) is 0 Å². The van der Waals surface area contributed by atoms with Gasteiger partial charge in [0, 0.05) is 17.5 Å². The molecule has 0 spiro atoms. The van der Waals surface area contributed by atoms with Crippen LogP contribution in [0.25, 0.3) is 0 Å². The second-order valence-corrected chi connectivity index (χ2v) is 4.00. The highest BCUT2D eigenvalue weighted by molar-refractivity contribution is 7.80. The highest BCUT2D eigenvalue weighted by atomic mass is 32.1. The first-order valence-electron chi connectivity index (χ1n) is 5.27. The molecule has 0 aromatic heterocycles. The van der Waals surface area contributed by atoms with Crippen LogP contribution in [-0.2, 0) is 4.79 Å². The number of hydrogen-bond acceptors (Lipinski definition) is 5. The fraction of sp³-hybridized carbons (Fsp3) is 0.364. The lowest BCUT2D eigenvalue weighted by molar-refractivity contribution is -0.116. The molecule has 5 nitrogen and oxygen atoms in total. The van der Waals surface area contributed by atoms with Crippen molar-refractivity contribution in [1.29, 1.82) is 0 Å². The molecule has 0 radical (unpaired) electrons. The third-order valence-corrected chi connectivity index (χ3v) is 2.74. The van der Waals surface area contributed by atoms with Crippen LogP contribution in [0, 0.1) is 0 Å². The van der Waals surface area contributed by atoms with Gasteiger partial charge in [0.05, 0.1) is 6.04 Å². The van der Waals surface area contributed by atoms with Crippen molar-refractivity contribution < 1.29 is 14.3 Å². The highest BCUT2D eigenvalue weighted by Gasteiger charge is 2.15. The quantitative estimate of drug-likeness (QED) is 0.693. The lowest BCUT2D eigenvalue weighted by atomic mass is 10.2. The van der Waals surface area contributed by atoms with Gasteiger partial charge in [-0.3, -0.25) is 4.79 Å². The molecule has 92 valence electrons. The molecule has 1 heterocycles. The first kappa shape index (κ1) is 12.1. The van der Waals surface area contributed by atoms with Crippen LogP contribution in [0.5, 0.6) is 11.5 Å². The van der Waals surface area contributed by atoms with E-state index in [1.165, 1.54) is 0 Å². The largest absolute Gasteiger partial charge is 0.486 e. The molecule has 1 aliphatic heterocycles. The number of thiol groups is 1. The summed E-state index contributed by atoms with van der Waals surface area (Å²) in [5.41, 5.74) is 6.19. The van der Waals surface area contributed by atoms with Crippen molar-refractivity contribution in [3.8, 4) is 11.5 Å². The van der Waals surface area contributed by atoms with Gasteiger partial charge in [-0.2, -0.15) is 12.6 Å². The summed E-state index contributed by atoms with van der Waals surface area (Å²) in [5.74, 6) is 1.36. The third-order valence-electron chi connectivity index (χ3n) is 2.34. The van der Waals surface area contributed by atoms with Gasteiger partial charge in [-0.25, -0.2) is 0 Å². The van der Waals surface area contributed by atoms with Gasteiger partial charge in [-0.05, 0) is 12.1 Å². The van der Waals surface area contributed by atoms with E-state index < -0.39 is 6.04 Å². The maximum atomic E-state index is 11.6. The molecule has 0 aliphatic carbocycles. The second kappa shape index (κ2) is 5.29. The fourth-order valence-electron chi connectivity index (χ4n) is 1.44. The molecule has 0 bridgehead atoms. The summed E-state index contributed by atoms with van der Waals surface area (Å²) in [4.78, 5) is 11.6. The predicted octanol–water partition coefficient (Wildman–Crippen LogP) is 0.653. The Balaban J connectivity index is 2.09. The topological polar surface area (TPSA) is 73.6 Å². The molecule has 1 aromatic rings. The number of fused-ring (bicyclic) bond motifs is 1. The van der Waals surface area contributed by atoms with E-state index in [0.29, 0.717) is 36.2 Å². The van der Waals surface area contributed by atoms with E-state index in [4.69, 9.17) is 15.2 Å². The van der Waals surface area contributed by atoms with Gasteiger partial charge in [-0.15, -0.1) is 0 Å². The number of nitrogens with one attached hydrogen (secondary N) is 1. The lowest BCUT2D eigenvalue weighted by Crippen LogP contribution is -2.37. The number of anilines is 1. The Morgan fingerprint density at radius 3 is 2.82 bits per heavy atom. The molecular formula is C11H14N2O3S. The minimum atomic E-state index is -0.619. The number of carbonyl (C=O) groups excluding carboxylic acids is 1. The van der Waals surface area contributed by atoms with Crippen LogP contribution < -0.4 is 20.5 Å². The molecule has 6 heteroatoms. The average Bonchev–Trinajstić information content (AvgIpc) is 2.37. The van der Waals surface area contributed by atoms with Crippen molar-refractivity contribution in [3.05, 3.63) is 18.2 Å². The molecule has 1 amide bonds.